The van der Waals surface area contributed by atoms with E-state index in [1.807, 2.05) is 24.3 Å². The van der Waals surface area contributed by atoms with Crippen LogP contribution >= 0.6 is 0 Å². The molecule has 0 heterocycles. The second-order valence-corrected chi connectivity index (χ2v) is 10.9. The average molecular weight is 601 g/mol. The maximum atomic E-state index is 12.2. The molecule has 0 fully saturated rings. The molecule has 0 unspecified atom stereocenters. The van der Waals surface area contributed by atoms with Crippen LogP contribution in [0, 0.1) is 17.3 Å². The Labute approximate surface area is 259 Å². The number of aliphatic hydroxyl groups excluding tert-OH is 2. The van der Waals surface area contributed by atoms with E-state index in [1.54, 1.807) is 26.0 Å². The van der Waals surface area contributed by atoms with Gasteiger partial charge in [-0.05, 0) is 67.6 Å². The first kappa shape index (κ1) is 33.9. The Hall–Kier alpha value is -4.58. The molecule has 232 valence electrons. The fourth-order valence-corrected chi connectivity index (χ4v) is 3.87. The molecule has 0 amide bonds. The highest BCUT2D eigenvalue weighted by Crippen LogP contribution is 2.25. The third-order valence-corrected chi connectivity index (χ3v) is 6.73. The van der Waals surface area contributed by atoms with Gasteiger partial charge in [0.05, 0.1) is 24.2 Å². The molecular weight excluding hydrogens is 560 g/mol. The van der Waals surface area contributed by atoms with Gasteiger partial charge in [-0.1, -0.05) is 74.6 Å². The fraction of sp³-hybridized carbons (Fsp3) is 0.333. The second kappa shape index (κ2) is 16.9. The van der Waals surface area contributed by atoms with Gasteiger partial charge in [0.2, 0.25) is 13.6 Å². The van der Waals surface area contributed by atoms with Gasteiger partial charge in [-0.15, -0.1) is 0 Å². The lowest BCUT2D eigenvalue weighted by Gasteiger charge is -2.19. The number of unbranched alkanes of at least 4 members (excludes halogenated alkanes) is 2. The van der Waals surface area contributed by atoms with Crippen LogP contribution in [0.2, 0.25) is 0 Å². The molecule has 0 aliphatic carbocycles. The van der Waals surface area contributed by atoms with Gasteiger partial charge in [0.1, 0.15) is 11.5 Å². The lowest BCUT2D eigenvalue weighted by molar-refractivity contribution is -0.162. The lowest BCUT2D eigenvalue weighted by atomic mass is 9.95. The van der Waals surface area contributed by atoms with Crippen molar-refractivity contribution in [2.45, 2.75) is 46.5 Å². The minimum atomic E-state index is -1.07. The number of hydrogen-bond acceptors (Lipinski definition) is 8. The van der Waals surface area contributed by atoms with Crippen molar-refractivity contribution in [1.82, 2.24) is 0 Å². The number of aliphatic hydroxyl groups is 2. The van der Waals surface area contributed by atoms with Gasteiger partial charge < -0.3 is 29.2 Å². The number of carbonyl (C=O) groups excluding carboxylic acids is 2. The number of hydrogen-bond donors (Lipinski definition) is 2. The molecule has 0 radical (unpaired) electrons. The normalized spacial score (nSPS) is 10.8. The van der Waals surface area contributed by atoms with Crippen molar-refractivity contribution < 1.29 is 38.7 Å². The average Bonchev–Trinajstić information content (AvgIpc) is 3.04. The van der Waals surface area contributed by atoms with Crippen molar-refractivity contribution in [1.29, 1.82) is 0 Å². The third kappa shape index (κ3) is 10.6. The van der Waals surface area contributed by atoms with Crippen molar-refractivity contribution in [3.63, 3.8) is 0 Å². The summed E-state index contributed by atoms with van der Waals surface area (Å²) in [4.78, 5) is 23.9. The Balaban J connectivity index is 1.73. The van der Waals surface area contributed by atoms with Gasteiger partial charge in [0, 0.05) is 17.2 Å². The smallest absolute Gasteiger partial charge is 0.338 e. The van der Waals surface area contributed by atoms with Crippen LogP contribution in [-0.2, 0) is 25.5 Å². The van der Waals surface area contributed by atoms with Crippen molar-refractivity contribution in [3.05, 3.63) is 95.6 Å². The minimum Gasteiger partial charge on any atom is -0.457 e. The van der Waals surface area contributed by atoms with Crippen LogP contribution in [-0.4, -0.2) is 49.0 Å². The van der Waals surface area contributed by atoms with E-state index in [4.69, 9.17) is 24.1 Å². The van der Waals surface area contributed by atoms with Crippen LogP contribution in [0.1, 0.15) is 56.7 Å². The highest BCUT2D eigenvalue weighted by molar-refractivity contribution is 5.87. The van der Waals surface area contributed by atoms with Gasteiger partial charge in [-0.3, -0.25) is 4.79 Å². The molecule has 3 aromatic rings. The summed E-state index contributed by atoms with van der Waals surface area (Å²) in [6.07, 6.45) is 4.76. The highest BCUT2D eigenvalue weighted by Gasteiger charge is 2.28. The molecule has 0 bridgehead atoms. The first-order valence-corrected chi connectivity index (χ1v) is 14.5. The Kier molecular flexibility index (Phi) is 13.0. The molecule has 0 aliphatic rings. The van der Waals surface area contributed by atoms with Crippen LogP contribution in [0.4, 0.5) is 0 Å². The zero-order chi connectivity index (χ0) is 32.0. The van der Waals surface area contributed by atoms with Crippen molar-refractivity contribution in [3.8, 4) is 34.5 Å². The molecule has 0 spiro atoms. The monoisotopic (exact) mass is 600 g/mol. The molecule has 8 heteroatoms. The summed E-state index contributed by atoms with van der Waals surface area (Å²) in [7, 11) is 0. The first-order chi connectivity index (χ1) is 21.1. The minimum absolute atomic E-state index is 0.102. The van der Waals surface area contributed by atoms with E-state index in [9.17, 15) is 14.7 Å². The largest absolute Gasteiger partial charge is 0.457 e. The molecule has 3 aromatic carbocycles. The van der Waals surface area contributed by atoms with E-state index >= 15 is 0 Å². The van der Waals surface area contributed by atoms with Gasteiger partial charge in [0.25, 0.3) is 0 Å². The molecular formula is C36H40O8. The summed E-state index contributed by atoms with van der Waals surface area (Å²) in [5.41, 5.74) is 3.75. The topological polar surface area (TPSA) is 112 Å². The van der Waals surface area contributed by atoms with Crippen molar-refractivity contribution >= 4 is 11.9 Å². The molecule has 8 nitrogen and oxygen atoms in total. The summed E-state index contributed by atoms with van der Waals surface area (Å²) in [6.45, 7) is 7.00. The van der Waals surface area contributed by atoms with Crippen LogP contribution in [0.15, 0.2) is 78.9 Å². The van der Waals surface area contributed by atoms with Crippen molar-refractivity contribution in [2.75, 3.05) is 26.8 Å². The zero-order valence-corrected chi connectivity index (χ0v) is 25.6. The summed E-state index contributed by atoms with van der Waals surface area (Å²) in [5, 5.41) is 18.4. The third-order valence-electron chi connectivity index (χ3n) is 6.73. The Morgan fingerprint density at radius 3 is 1.93 bits per heavy atom. The SMILES string of the molecule is C=C(CO)C(=O)OCOc1cc(C#Cc2ccc(-c3ccc(CCCCC)cc3)cc2)cc(OCOC(=O)C(C)(C)CO)c1. The highest BCUT2D eigenvalue weighted by atomic mass is 16.7. The van der Waals surface area contributed by atoms with Gasteiger partial charge in [-0.2, -0.15) is 0 Å². The Bertz CT molecular complexity index is 1460. The van der Waals surface area contributed by atoms with Crippen LogP contribution in [0.25, 0.3) is 11.1 Å². The predicted molar refractivity (Wildman–Crippen MR) is 168 cm³/mol. The van der Waals surface area contributed by atoms with Crippen LogP contribution in [0.3, 0.4) is 0 Å². The summed E-state index contributed by atoms with van der Waals surface area (Å²) in [6, 6.07) is 21.4. The molecule has 2 N–H and O–H groups in total. The number of aryl methyl sites for hydroxylation is 1. The molecule has 0 saturated carbocycles. The molecule has 0 atom stereocenters. The van der Waals surface area contributed by atoms with Crippen LogP contribution in [0.5, 0.6) is 11.5 Å². The number of esters is 2. The van der Waals surface area contributed by atoms with E-state index in [-0.39, 0.29) is 17.9 Å². The standard InChI is InChI=1S/C36H40O8/c1-5-6-7-8-27-11-15-30(16-12-27)31-17-13-28(14-18-31)9-10-29-19-32(41-24-43-34(39)26(2)22-37)21-33(20-29)42-25-44-35(40)36(3,4)23-38/h11-21,37-38H,2,5-8,22-25H2,1,3-4H3. The molecule has 0 saturated heterocycles. The maximum absolute atomic E-state index is 12.2. The van der Waals surface area contributed by atoms with Gasteiger partial charge in [-0.25, -0.2) is 4.79 Å². The Morgan fingerprint density at radius 1 is 0.795 bits per heavy atom. The Morgan fingerprint density at radius 2 is 1.36 bits per heavy atom. The van der Waals surface area contributed by atoms with E-state index in [0.29, 0.717) is 11.3 Å². The van der Waals surface area contributed by atoms with Crippen molar-refractivity contribution in [2.24, 2.45) is 5.41 Å². The maximum Gasteiger partial charge on any atom is 0.338 e. The quantitative estimate of drug-likeness (QED) is 0.0739. The molecule has 44 heavy (non-hydrogen) atoms. The fourth-order valence-electron chi connectivity index (χ4n) is 3.87. The lowest BCUT2D eigenvalue weighted by Crippen LogP contribution is -2.31. The predicted octanol–water partition coefficient (Wildman–Crippen LogP) is 5.81. The molecule has 3 rings (SSSR count). The second-order valence-electron chi connectivity index (χ2n) is 10.9. The van der Waals surface area contributed by atoms with Gasteiger partial charge in [0.15, 0.2) is 0 Å². The number of benzene rings is 3. The van der Waals surface area contributed by atoms with E-state index in [0.717, 1.165) is 23.1 Å². The summed E-state index contributed by atoms with van der Waals surface area (Å²) in [5.74, 6) is 5.39. The van der Waals surface area contributed by atoms with Gasteiger partial charge >= 0.3 is 11.9 Å². The first-order valence-electron chi connectivity index (χ1n) is 14.5. The van der Waals surface area contributed by atoms with E-state index in [2.05, 4.69) is 49.6 Å². The summed E-state index contributed by atoms with van der Waals surface area (Å²) >= 11 is 0. The van der Waals surface area contributed by atoms with E-state index in [1.165, 1.54) is 30.9 Å². The van der Waals surface area contributed by atoms with Crippen LogP contribution < -0.4 is 9.47 Å². The molecule has 0 aliphatic heterocycles. The van der Waals surface area contributed by atoms with E-state index < -0.39 is 37.5 Å². The number of ether oxygens (including phenoxy) is 4. The zero-order valence-electron chi connectivity index (χ0n) is 25.6. The summed E-state index contributed by atoms with van der Waals surface area (Å²) < 4.78 is 21.2. The number of carbonyl (C=O) groups is 2. The number of rotatable bonds is 15. The molecule has 0 aromatic heterocycles.